The van der Waals surface area contributed by atoms with E-state index >= 15 is 0 Å². The number of hydrogen-bond acceptors (Lipinski definition) is 3. The predicted octanol–water partition coefficient (Wildman–Crippen LogP) is 5.97. The number of carbonyl (C=O) groups excluding carboxylic acids is 2. The Bertz CT molecular complexity index is 935. The van der Waals surface area contributed by atoms with Crippen LogP contribution in [0.5, 0.6) is 0 Å². The van der Waals surface area contributed by atoms with Crippen LogP contribution in [0.4, 0.5) is 24.5 Å². The molecule has 1 N–H and O–H groups in total. The number of alkyl halides is 3. The van der Waals surface area contributed by atoms with Crippen LogP contribution in [-0.2, 0) is 11.0 Å². The molecule has 0 bridgehead atoms. The van der Waals surface area contributed by atoms with Crippen molar-refractivity contribution in [3.8, 4) is 0 Å². The maximum Gasteiger partial charge on any atom is 0.416 e. The topological polar surface area (TPSA) is 52.7 Å². The van der Waals surface area contributed by atoms with Gasteiger partial charge in [-0.2, -0.15) is 13.2 Å². The van der Waals surface area contributed by atoms with Crippen molar-refractivity contribution in [1.29, 1.82) is 0 Å². The Balaban J connectivity index is 1.46. The van der Waals surface area contributed by atoms with Gasteiger partial charge in [-0.05, 0) is 55.0 Å². The van der Waals surface area contributed by atoms with Gasteiger partial charge in [0.05, 0.1) is 5.56 Å². The molecule has 2 aromatic rings. The van der Waals surface area contributed by atoms with Gasteiger partial charge >= 0.3 is 6.18 Å². The van der Waals surface area contributed by atoms with Crippen LogP contribution < -0.4 is 10.2 Å². The number of piperazine rings is 1. The molecule has 0 unspecified atom stereocenters. The maximum absolute atomic E-state index is 12.7. The molecule has 1 aliphatic heterocycles. The van der Waals surface area contributed by atoms with Crippen molar-refractivity contribution in [2.75, 3.05) is 36.4 Å². The fourth-order valence-electron chi connectivity index (χ4n) is 4.02. The molecule has 2 aromatic carbocycles. The Morgan fingerprint density at radius 3 is 2.06 bits per heavy atom. The Morgan fingerprint density at radius 2 is 1.47 bits per heavy atom. The van der Waals surface area contributed by atoms with E-state index in [4.69, 9.17) is 0 Å². The molecule has 2 amide bonds. The van der Waals surface area contributed by atoms with E-state index in [0.29, 0.717) is 25.2 Å². The third kappa shape index (κ3) is 7.23. The predicted molar refractivity (Wildman–Crippen MR) is 128 cm³/mol. The van der Waals surface area contributed by atoms with E-state index in [1.54, 1.807) is 12.1 Å². The van der Waals surface area contributed by atoms with Gasteiger partial charge in [-0.25, -0.2) is 0 Å². The summed E-state index contributed by atoms with van der Waals surface area (Å²) in [6.07, 6.45) is 1.88. The molecule has 0 spiro atoms. The standard InChI is InChI=1S/C26H32F3N3O2/c1-2-3-4-5-6-7-24(33)32-18-16-31(17-19-32)23-14-12-22(13-15-23)30-25(34)20-8-10-21(11-9-20)26(27,28)29/h8-15H,2-7,16-19H2,1H3,(H,30,34). The van der Waals surface area contributed by atoms with Crippen molar-refractivity contribution >= 4 is 23.2 Å². The van der Waals surface area contributed by atoms with E-state index in [-0.39, 0.29) is 11.5 Å². The van der Waals surface area contributed by atoms with Gasteiger partial charge in [-0.3, -0.25) is 9.59 Å². The molecule has 0 atom stereocenters. The fraction of sp³-hybridized carbons (Fsp3) is 0.462. The van der Waals surface area contributed by atoms with Gasteiger partial charge in [-0.1, -0.05) is 32.6 Å². The van der Waals surface area contributed by atoms with Crippen molar-refractivity contribution in [2.45, 2.75) is 51.6 Å². The summed E-state index contributed by atoms with van der Waals surface area (Å²) in [5.74, 6) is -0.235. The minimum Gasteiger partial charge on any atom is -0.368 e. The Morgan fingerprint density at radius 1 is 0.853 bits per heavy atom. The van der Waals surface area contributed by atoms with E-state index < -0.39 is 17.6 Å². The summed E-state index contributed by atoms with van der Waals surface area (Å²) in [4.78, 5) is 28.9. The van der Waals surface area contributed by atoms with E-state index in [2.05, 4.69) is 17.1 Å². The summed E-state index contributed by atoms with van der Waals surface area (Å²) >= 11 is 0. The molecule has 3 rings (SSSR count). The van der Waals surface area contributed by atoms with Gasteiger partial charge < -0.3 is 15.1 Å². The minimum atomic E-state index is -4.43. The van der Waals surface area contributed by atoms with Gasteiger partial charge in [0.25, 0.3) is 5.91 Å². The third-order valence-corrected chi connectivity index (χ3v) is 6.09. The molecule has 1 heterocycles. The van der Waals surface area contributed by atoms with Crippen LogP contribution in [0.15, 0.2) is 48.5 Å². The highest BCUT2D eigenvalue weighted by atomic mass is 19.4. The van der Waals surface area contributed by atoms with Crippen molar-refractivity contribution in [3.05, 3.63) is 59.7 Å². The first kappa shape index (κ1) is 25.6. The Kier molecular flexibility index (Phi) is 8.96. The summed E-state index contributed by atoms with van der Waals surface area (Å²) in [7, 11) is 0. The number of rotatable bonds is 9. The van der Waals surface area contributed by atoms with Gasteiger partial charge in [0.1, 0.15) is 0 Å². The number of halogens is 3. The van der Waals surface area contributed by atoms with E-state index in [9.17, 15) is 22.8 Å². The van der Waals surface area contributed by atoms with Crippen LogP contribution in [0.1, 0.15) is 61.4 Å². The number of anilines is 2. The molecule has 1 aliphatic rings. The summed E-state index contributed by atoms with van der Waals surface area (Å²) in [6, 6.07) is 11.5. The van der Waals surface area contributed by atoms with E-state index in [1.165, 1.54) is 31.4 Å². The zero-order valence-corrected chi connectivity index (χ0v) is 19.5. The molecule has 5 nitrogen and oxygen atoms in total. The first-order chi connectivity index (χ1) is 16.3. The SMILES string of the molecule is CCCCCCCC(=O)N1CCN(c2ccc(NC(=O)c3ccc(C(F)(F)F)cc3)cc2)CC1. The highest BCUT2D eigenvalue weighted by molar-refractivity contribution is 6.04. The molecule has 184 valence electrons. The molecule has 0 saturated carbocycles. The molecule has 0 radical (unpaired) electrons. The van der Waals surface area contributed by atoms with Crippen LogP contribution in [0.3, 0.4) is 0 Å². The lowest BCUT2D eigenvalue weighted by molar-refractivity contribution is -0.137. The third-order valence-electron chi connectivity index (χ3n) is 6.09. The number of unbranched alkanes of at least 4 members (excludes halogenated alkanes) is 4. The first-order valence-corrected chi connectivity index (χ1v) is 11.9. The summed E-state index contributed by atoms with van der Waals surface area (Å²) in [5, 5.41) is 2.71. The normalized spacial score (nSPS) is 14.2. The minimum absolute atomic E-state index is 0.156. The molecule has 1 fully saturated rings. The number of nitrogens with zero attached hydrogens (tertiary/aromatic N) is 2. The lowest BCUT2D eigenvalue weighted by Gasteiger charge is -2.36. The second kappa shape index (κ2) is 11.9. The lowest BCUT2D eigenvalue weighted by Crippen LogP contribution is -2.48. The van der Waals surface area contributed by atoms with Gasteiger partial charge in [0.15, 0.2) is 0 Å². The number of carbonyl (C=O) groups is 2. The second-order valence-electron chi connectivity index (χ2n) is 8.61. The van der Waals surface area contributed by atoms with Crippen molar-refractivity contribution in [2.24, 2.45) is 0 Å². The monoisotopic (exact) mass is 475 g/mol. The van der Waals surface area contributed by atoms with E-state index in [0.717, 1.165) is 43.8 Å². The quantitative estimate of drug-likeness (QED) is 0.455. The average molecular weight is 476 g/mol. The number of benzene rings is 2. The molecular formula is C26H32F3N3O2. The van der Waals surface area contributed by atoms with Crippen molar-refractivity contribution in [1.82, 2.24) is 4.90 Å². The molecule has 0 aliphatic carbocycles. The summed E-state index contributed by atoms with van der Waals surface area (Å²) in [6.45, 7) is 5.07. The molecule has 0 aromatic heterocycles. The number of nitrogens with one attached hydrogen (secondary N) is 1. The van der Waals surface area contributed by atoms with Crippen LogP contribution in [-0.4, -0.2) is 42.9 Å². The second-order valence-corrected chi connectivity index (χ2v) is 8.61. The lowest BCUT2D eigenvalue weighted by atomic mass is 10.1. The zero-order chi connectivity index (χ0) is 24.6. The van der Waals surface area contributed by atoms with Crippen LogP contribution in [0.25, 0.3) is 0 Å². The van der Waals surface area contributed by atoms with Crippen molar-refractivity contribution in [3.63, 3.8) is 0 Å². The average Bonchev–Trinajstić information content (AvgIpc) is 2.84. The molecular weight excluding hydrogens is 443 g/mol. The highest BCUT2D eigenvalue weighted by Crippen LogP contribution is 2.29. The smallest absolute Gasteiger partial charge is 0.368 e. The molecule has 8 heteroatoms. The van der Waals surface area contributed by atoms with Gasteiger partial charge in [0.2, 0.25) is 5.91 Å². The maximum atomic E-state index is 12.7. The van der Waals surface area contributed by atoms with Gasteiger partial charge in [-0.15, -0.1) is 0 Å². The summed E-state index contributed by atoms with van der Waals surface area (Å²) < 4.78 is 38.0. The summed E-state index contributed by atoms with van der Waals surface area (Å²) in [5.41, 5.74) is 0.926. The fourth-order valence-corrected chi connectivity index (χ4v) is 4.02. The zero-order valence-electron chi connectivity index (χ0n) is 19.5. The number of amides is 2. The Labute approximate surface area is 198 Å². The first-order valence-electron chi connectivity index (χ1n) is 11.9. The van der Waals surface area contributed by atoms with Crippen LogP contribution in [0.2, 0.25) is 0 Å². The largest absolute Gasteiger partial charge is 0.416 e. The number of hydrogen-bond donors (Lipinski definition) is 1. The van der Waals surface area contributed by atoms with Gasteiger partial charge in [0, 0.05) is 49.5 Å². The molecule has 34 heavy (non-hydrogen) atoms. The van der Waals surface area contributed by atoms with Crippen molar-refractivity contribution < 1.29 is 22.8 Å². The van der Waals surface area contributed by atoms with Crippen LogP contribution >= 0.6 is 0 Å². The highest BCUT2D eigenvalue weighted by Gasteiger charge is 2.30. The van der Waals surface area contributed by atoms with E-state index in [1.807, 2.05) is 17.0 Å². The Hall–Kier alpha value is -3.03. The molecule has 1 saturated heterocycles. The van der Waals surface area contributed by atoms with Crippen LogP contribution in [0, 0.1) is 0 Å².